The zero-order chi connectivity index (χ0) is 21.5. The average molecular weight is 417 g/mol. The number of benzene rings is 2. The maximum absolute atomic E-state index is 13.0. The Morgan fingerprint density at radius 1 is 1.03 bits per heavy atom. The predicted octanol–water partition coefficient (Wildman–Crippen LogP) is 4.58. The van der Waals surface area contributed by atoms with Crippen LogP contribution in [0.25, 0.3) is 0 Å². The third-order valence-electron chi connectivity index (χ3n) is 4.50. The minimum Gasteiger partial charge on any atom is -0.439 e. The number of carbonyl (C=O) groups excluding carboxylic acids is 1. The molecule has 2 heterocycles. The molecule has 0 spiro atoms. The third kappa shape index (κ3) is 5.66. The molecule has 0 unspecified atom stereocenters. The summed E-state index contributed by atoms with van der Waals surface area (Å²) in [5.74, 6) is 0.475. The van der Waals surface area contributed by atoms with Gasteiger partial charge < -0.3 is 19.9 Å². The molecule has 2 aromatic heterocycles. The van der Waals surface area contributed by atoms with Crippen LogP contribution >= 0.6 is 0 Å². The van der Waals surface area contributed by atoms with E-state index in [1.807, 2.05) is 35.0 Å². The quantitative estimate of drug-likeness (QED) is 0.461. The number of urea groups is 1. The van der Waals surface area contributed by atoms with Crippen LogP contribution in [-0.4, -0.2) is 20.6 Å². The van der Waals surface area contributed by atoms with E-state index in [0.29, 0.717) is 30.4 Å². The van der Waals surface area contributed by atoms with Crippen LogP contribution in [0.15, 0.2) is 85.6 Å². The van der Waals surface area contributed by atoms with Gasteiger partial charge in [-0.15, -0.1) is 0 Å². The number of aromatic nitrogens is 3. The van der Waals surface area contributed by atoms with E-state index < -0.39 is 0 Å². The first kappa shape index (κ1) is 20.1. The first-order valence-corrected chi connectivity index (χ1v) is 9.62. The third-order valence-corrected chi connectivity index (χ3v) is 4.50. The lowest BCUT2D eigenvalue weighted by Gasteiger charge is -2.12. The van der Waals surface area contributed by atoms with E-state index in [4.69, 9.17) is 4.74 Å². The highest BCUT2D eigenvalue weighted by molar-refractivity contribution is 5.89. The Hall–Kier alpha value is -4.20. The molecule has 0 aliphatic heterocycles. The van der Waals surface area contributed by atoms with Crippen LogP contribution in [0.5, 0.6) is 11.6 Å². The van der Waals surface area contributed by atoms with Gasteiger partial charge in [-0.1, -0.05) is 24.3 Å². The lowest BCUT2D eigenvalue weighted by molar-refractivity contribution is 0.251. The summed E-state index contributed by atoms with van der Waals surface area (Å²) >= 11 is 0. The van der Waals surface area contributed by atoms with Crippen LogP contribution in [0.1, 0.15) is 11.1 Å². The van der Waals surface area contributed by atoms with Gasteiger partial charge >= 0.3 is 6.03 Å². The van der Waals surface area contributed by atoms with Crippen molar-refractivity contribution in [1.82, 2.24) is 19.9 Å². The Labute approximate surface area is 178 Å². The van der Waals surface area contributed by atoms with Gasteiger partial charge in [0.05, 0.1) is 18.2 Å². The second-order valence-electron chi connectivity index (χ2n) is 6.75. The number of anilines is 1. The second-order valence-corrected chi connectivity index (χ2v) is 6.75. The standard InChI is InChI=1S/C23H20FN5O2/c24-19-5-8-21(9-6-19)31-22-10-7-20(14-26-22)28-23(30)27-13-17-3-1-2-4-18(17)15-29-12-11-25-16-29/h1-12,14,16H,13,15H2,(H2,27,28,30). The lowest BCUT2D eigenvalue weighted by atomic mass is 10.1. The normalized spacial score (nSPS) is 10.5. The number of hydrogen-bond acceptors (Lipinski definition) is 4. The minimum absolute atomic E-state index is 0.338. The Morgan fingerprint density at radius 2 is 1.84 bits per heavy atom. The van der Waals surface area contributed by atoms with Gasteiger partial charge in [-0.2, -0.15) is 0 Å². The molecule has 2 amide bonds. The number of halogens is 1. The number of pyridine rings is 1. The maximum Gasteiger partial charge on any atom is 0.319 e. The Morgan fingerprint density at radius 3 is 2.55 bits per heavy atom. The molecule has 2 N–H and O–H groups in total. The maximum atomic E-state index is 13.0. The molecule has 4 rings (SSSR count). The molecule has 4 aromatic rings. The smallest absolute Gasteiger partial charge is 0.319 e. The number of nitrogens with zero attached hydrogens (tertiary/aromatic N) is 3. The molecule has 8 heteroatoms. The largest absolute Gasteiger partial charge is 0.439 e. The molecule has 0 saturated carbocycles. The van der Waals surface area contributed by atoms with Crippen molar-refractivity contribution in [2.45, 2.75) is 13.1 Å². The van der Waals surface area contributed by atoms with Crippen LogP contribution < -0.4 is 15.4 Å². The summed E-state index contributed by atoms with van der Waals surface area (Å²) in [7, 11) is 0. The highest BCUT2D eigenvalue weighted by atomic mass is 19.1. The lowest BCUT2D eigenvalue weighted by Crippen LogP contribution is -2.28. The summed E-state index contributed by atoms with van der Waals surface area (Å²) in [5, 5.41) is 5.60. The van der Waals surface area contributed by atoms with E-state index in [9.17, 15) is 9.18 Å². The number of carbonyl (C=O) groups is 1. The van der Waals surface area contributed by atoms with E-state index in [1.54, 1.807) is 24.7 Å². The number of imidazole rings is 1. The van der Waals surface area contributed by atoms with Crippen molar-refractivity contribution >= 4 is 11.7 Å². The molecule has 0 radical (unpaired) electrons. The molecule has 2 aromatic carbocycles. The van der Waals surface area contributed by atoms with Crippen molar-refractivity contribution in [3.8, 4) is 11.6 Å². The van der Waals surface area contributed by atoms with Crippen molar-refractivity contribution in [2.75, 3.05) is 5.32 Å². The fraction of sp³-hybridized carbons (Fsp3) is 0.0870. The monoisotopic (exact) mass is 417 g/mol. The second kappa shape index (κ2) is 9.53. The molecular formula is C23H20FN5O2. The topological polar surface area (TPSA) is 81.1 Å². The molecule has 0 bridgehead atoms. The first-order chi connectivity index (χ1) is 15.2. The van der Waals surface area contributed by atoms with Crippen molar-refractivity contribution in [1.29, 1.82) is 0 Å². The molecule has 156 valence electrons. The summed E-state index contributed by atoms with van der Waals surface area (Å²) in [6, 6.07) is 16.5. The minimum atomic E-state index is -0.341. The average Bonchev–Trinajstić information content (AvgIpc) is 3.29. The Bertz CT molecular complexity index is 1130. The van der Waals surface area contributed by atoms with Crippen LogP contribution in [0.4, 0.5) is 14.9 Å². The summed E-state index contributed by atoms with van der Waals surface area (Å²) < 4.78 is 20.5. The van der Waals surface area contributed by atoms with Gasteiger partial charge in [-0.3, -0.25) is 0 Å². The van der Waals surface area contributed by atoms with Gasteiger partial charge in [0.2, 0.25) is 5.88 Å². The molecule has 0 saturated heterocycles. The van der Waals surface area contributed by atoms with Gasteiger partial charge in [-0.25, -0.2) is 19.2 Å². The summed E-state index contributed by atoms with van der Waals surface area (Å²) in [6.07, 6.45) is 6.88. The Kier molecular flexibility index (Phi) is 6.18. The zero-order valence-electron chi connectivity index (χ0n) is 16.5. The molecule has 0 aliphatic carbocycles. The number of amides is 2. The van der Waals surface area contributed by atoms with E-state index in [1.165, 1.54) is 30.5 Å². The van der Waals surface area contributed by atoms with E-state index in [-0.39, 0.29) is 11.8 Å². The van der Waals surface area contributed by atoms with Gasteiger partial charge in [0.25, 0.3) is 0 Å². The summed E-state index contributed by atoms with van der Waals surface area (Å²) in [4.78, 5) is 20.5. The van der Waals surface area contributed by atoms with Crippen LogP contribution in [0.3, 0.4) is 0 Å². The van der Waals surface area contributed by atoms with Crippen LogP contribution in [0.2, 0.25) is 0 Å². The SMILES string of the molecule is O=C(NCc1ccccc1Cn1ccnc1)Nc1ccc(Oc2ccc(F)cc2)nc1. The molecule has 7 nitrogen and oxygen atoms in total. The number of hydrogen-bond donors (Lipinski definition) is 2. The molecule has 0 aliphatic rings. The Balaban J connectivity index is 1.30. The molecule has 0 atom stereocenters. The van der Waals surface area contributed by atoms with Gasteiger partial charge in [0.1, 0.15) is 11.6 Å². The highest BCUT2D eigenvalue weighted by Crippen LogP contribution is 2.20. The van der Waals surface area contributed by atoms with Crippen LogP contribution in [-0.2, 0) is 13.1 Å². The molecule has 0 fully saturated rings. The zero-order valence-corrected chi connectivity index (χ0v) is 16.5. The first-order valence-electron chi connectivity index (χ1n) is 9.62. The van der Waals surface area contributed by atoms with Crippen molar-refractivity contribution in [2.24, 2.45) is 0 Å². The fourth-order valence-corrected chi connectivity index (χ4v) is 2.95. The summed E-state index contributed by atoms with van der Waals surface area (Å²) in [6.45, 7) is 1.06. The summed E-state index contributed by atoms with van der Waals surface area (Å²) in [5.41, 5.74) is 2.65. The number of rotatable bonds is 7. The molecular weight excluding hydrogens is 397 g/mol. The van der Waals surface area contributed by atoms with Gasteiger partial charge in [0.15, 0.2) is 0 Å². The van der Waals surface area contributed by atoms with E-state index in [2.05, 4.69) is 20.6 Å². The van der Waals surface area contributed by atoms with Crippen molar-refractivity contribution in [3.05, 3.63) is 103 Å². The number of nitrogens with one attached hydrogen (secondary N) is 2. The van der Waals surface area contributed by atoms with E-state index in [0.717, 1.165) is 11.1 Å². The predicted molar refractivity (Wildman–Crippen MR) is 114 cm³/mol. The highest BCUT2D eigenvalue weighted by Gasteiger charge is 2.07. The van der Waals surface area contributed by atoms with Crippen molar-refractivity contribution in [3.63, 3.8) is 0 Å². The fourth-order valence-electron chi connectivity index (χ4n) is 2.95. The van der Waals surface area contributed by atoms with Gasteiger partial charge in [-0.05, 0) is 41.5 Å². The van der Waals surface area contributed by atoms with Gasteiger partial charge in [0, 0.05) is 31.5 Å². The van der Waals surface area contributed by atoms with E-state index >= 15 is 0 Å². The number of ether oxygens (including phenoxy) is 1. The molecule has 31 heavy (non-hydrogen) atoms. The van der Waals surface area contributed by atoms with Crippen molar-refractivity contribution < 1.29 is 13.9 Å². The van der Waals surface area contributed by atoms with Crippen LogP contribution in [0, 0.1) is 5.82 Å².